The fraction of sp³-hybridized carbons (Fsp3) is 0.333. The van der Waals surface area contributed by atoms with E-state index in [0.717, 1.165) is 0 Å². The monoisotopic (exact) mass is 215 g/mol. The summed E-state index contributed by atoms with van der Waals surface area (Å²) in [5.74, 6) is -1.01. The summed E-state index contributed by atoms with van der Waals surface area (Å²) in [5.41, 5.74) is -0.0220. The SMILES string of the molecule is CC(C)Oc1ncc(Cl)cc1C(=O)O. The predicted molar refractivity (Wildman–Crippen MR) is 52.0 cm³/mol. The maximum atomic E-state index is 10.8. The molecule has 0 fully saturated rings. The molecule has 4 nitrogen and oxygen atoms in total. The highest BCUT2D eigenvalue weighted by atomic mass is 35.5. The largest absolute Gasteiger partial charge is 0.477 e. The van der Waals surface area contributed by atoms with Gasteiger partial charge in [0.05, 0.1) is 11.1 Å². The lowest BCUT2D eigenvalue weighted by Gasteiger charge is -2.10. The molecule has 0 amide bonds. The van der Waals surface area contributed by atoms with Gasteiger partial charge in [0.2, 0.25) is 5.88 Å². The third-order valence-electron chi connectivity index (χ3n) is 1.40. The molecule has 0 radical (unpaired) electrons. The first kappa shape index (κ1) is 10.8. The van der Waals surface area contributed by atoms with E-state index in [1.165, 1.54) is 12.3 Å². The van der Waals surface area contributed by atoms with Gasteiger partial charge in [-0.25, -0.2) is 9.78 Å². The van der Waals surface area contributed by atoms with E-state index < -0.39 is 5.97 Å². The number of carboxylic acids is 1. The second-order valence-corrected chi connectivity index (χ2v) is 3.41. The fourth-order valence-corrected chi connectivity index (χ4v) is 1.06. The average molecular weight is 216 g/mol. The summed E-state index contributed by atoms with van der Waals surface area (Å²) in [6.45, 7) is 3.59. The van der Waals surface area contributed by atoms with Crippen LogP contribution < -0.4 is 4.74 Å². The minimum absolute atomic E-state index is 0.0220. The van der Waals surface area contributed by atoms with Gasteiger partial charge < -0.3 is 9.84 Å². The van der Waals surface area contributed by atoms with Crippen LogP contribution in [-0.2, 0) is 0 Å². The molecule has 14 heavy (non-hydrogen) atoms. The molecule has 0 spiro atoms. The van der Waals surface area contributed by atoms with Gasteiger partial charge in [-0.15, -0.1) is 0 Å². The van der Waals surface area contributed by atoms with Gasteiger partial charge in [-0.2, -0.15) is 0 Å². The van der Waals surface area contributed by atoms with E-state index in [1.807, 2.05) is 0 Å². The molecule has 0 atom stereocenters. The van der Waals surface area contributed by atoms with E-state index in [-0.39, 0.29) is 22.6 Å². The minimum Gasteiger partial charge on any atom is -0.477 e. The van der Waals surface area contributed by atoms with E-state index in [2.05, 4.69) is 4.98 Å². The first-order valence-corrected chi connectivity index (χ1v) is 4.44. The van der Waals surface area contributed by atoms with Crippen molar-refractivity contribution in [1.82, 2.24) is 4.98 Å². The highest BCUT2D eigenvalue weighted by Gasteiger charge is 2.14. The maximum absolute atomic E-state index is 10.8. The standard InChI is InChI=1S/C9H10ClNO3/c1-5(2)14-8-7(9(12)13)3-6(10)4-11-8/h3-5H,1-2H3,(H,12,13). The average Bonchev–Trinajstić information content (AvgIpc) is 2.07. The number of aromatic carboxylic acids is 1. The van der Waals surface area contributed by atoms with E-state index in [0.29, 0.717) is 0 Å². The highest BCUT2D eigenvalue weighted by molar-refractivity contribution is 6.30. The summed E-state index contributed by atoms with van der Waals surface area (Å²) < 4.78 is 5.21. The second kappa shape index (κ2) is 4.28. The topological polar surface area (TPSA) is 59.4 Å². The second-order valence-electron chi connectivity index (χ2n) is 2.98. The van der Waals surface area contributed by atoms with Crippen LogP contribution >= 0.6 is 11.6 Å². The van der Waals surface area contributed by atoms with Crippen LogP contribution in [0.3, 0.4) is 0 Å². The molecule has 76 valence electrons. The van der Waals surface area contributed by atoms with Crippen molar-refractivity contribution in [3.63, 3.8) is 0 Å². The number of hydrogen-bond donors (Lipinski definition) is 1. The number of nitrogens with zero attached hydrogens (tertiary/aromatic N) is 1. The Morgan fingerprint density at radius 3 is 2.79 bits per heavy atom. The molecule has 0 aliphatic rings. The smallest absolute Gasteiger partial charge is 0.341 e. The predicted octanol–water partition coefficient (Wildman–Crippen LogP) is 2.22. The van der Waals surface area contributed by atoms with Crippen LogP contribution in [0.5, 0.6) is 5.88 Å². The first-order valence-electron chi connectivity index (χ1n) is 4.06. The van der Waals surface area contributed by atoms with Crippen molar-refractivity contribution in [3.8, 4) is 5.88 Å². The Kier molecular flexibility index (Phi) is 3.30. The molecule has 0 aromatic carbocycles. The third kappa shape index (κ3) is 2.60. The summed E-state index contributed by atoms with van der Waals surface area (Å²) in [6.07, 6.45) is 1.23. The summed E-state index contributed by atoms with van der Waals surface area (Å²) in [6, 6.07) is 1.31. The van der Waals surface area contributed by atoms with Crippen molar-refractivity contribution in [1.29, 1.82) is 0 Å². The molecule has 0 saturated heterocycles. The van der Waals surface area contributed by atoms with Crippen LogP contribution in [0.1, 0.15) is 24.2 Å². The van der Waals surface area contributed by atoms with Crippen LogP contribution in [0.4, 0.5) is 0 Å². The molecule has 0 aliphatic heterocycles. The van der Waals surface area contributed by atoms with Gasteiger partial charge in [0, 0.05) is 6.20 Å². The Hall–Kier alpha value is -1.29. The minimum atomic E-state index is -1.10. The molecular formula is C9H10ClNO3. The van der Waals surface area contributed by atoms with Gasteiger partial charge in [-0.1, -0.05) is 11.6 Å². The van der Waals surface area contributed by atoms with Gasteiger partial charge in [-0.3, -0.25) is 0 Å². The Labute approximate surface area is 86.5 Å². The number of ether oxygens (including phenoxy) is 1. The molecule has 0 unspecified atom stereocenters. The summed E-state index contributed by atoms with van der Waals surface area (Å²) >= 11 is 5.62. The number of pyridine rings is 1. The lowest BCUT2D eigenvalue weighted by atomic mass is 10.3. The van der Waals surface area contributed by atoms with E-state index in [4.69, 9.17) is 21.4 Å². The fourth-order valence-electron chi connectivity index (χ4n) is 0.897. The Bertz CT molecular complexity index is 352. The molecular weight excluding hydrogens is 206 g/mol. The van der Waals surface area contributed by atoms with Crippen LogP contribution in [0.15, 0.2) is 12.3 Å². The van der Waals surface area contributed by atoms with Gasteiger partial charge in [-0.05, 0) is 19.9 Å². The molecule has 0 saturated carbocycles. The van der Waals surface area contributed by atoms with Crippen molar-refractivity contribution in [2.75, 3.05) is 0 Å². The van der Waals surface area contributed by atoms with Gasteiger partial charge in [0.1, 0.15) is 5.56 Å². The molecule has 1 rings (SSSR count). The van der Waals surface area contributed by atoms with Gasteiger partial charge in [0.25, 0.3) is 0 Å². The molecule has 1 N–H and O–H groups in total. The highest BCUT2D eigenvalue weighted by Crippen LogP contribution is 2.20. The zero-order valence-electron chi connectivity index (χ0n) is 7.82. The number of carboxylic acid groups (broad SMARTS) is 1. The number of carbonyl (C=O) groups is 1. The van der Waals surface area contributed by atoms with Crippen molar-refractivity contribution >= 4 is 17.6 Å². The van der Waals surface area contributed by atoms with Crippen molar-refractivity contribution in [3.05, 3.63) is 22.8 Å². The van der Waals surface area contributed by atoms with Crippen molar-refractivity contribution in [2.45, 2.75) is 20.0 Å². The van der Waals surface area contributed by atoms with Gasteiger partial charge >= 0.3 is 5.97 Å². The van der Waals surface area contributed by atoms with E-state index in [9.17, 15) is 4.79 Å². The van der Waals surface area contributed by atoms with Gasteiger partial charge in [0.15, 0.2) is 0 Å². The Morgan fingerprint density at radius 2 is 2.29 bits per heavy atom. The maximum Gasteiger partial charge on any atom is 0.341 e. The van der Waals surface area contributed by atoms with Crippen molar-refractivity contribution in [2.24, 2.45) is 0 Å². The van der Waals surface area contributed by atoms with E-state index >= 15 is 0 Å². The van der Waals surface area contributed by atoms with Crippen LogP contribution in [0.2, 0.25) is 5.02 Å². The normalized spacial score (nSPS) is 10.3. The molecule has 5 heteroatoms. The first-order chi connectivity index (χ1) is 6.50. The molecule has 1 heterocycles. The zero-order chi connectivity index (χ0) is 10.7. The number of rotatable bonds is 3. The summed E-state index contributed by atoms with van der Waals surface area (Å²) in [4.78, 5) is 14.6. The lowest BCUT2D eigenvalue weighted by molar-refractivity contribution is 0.0689. The molecule has 1 aromatic heterocycles. The zero-order valence-corrected chi connectivity index (χ0v) is 8.58. The van der Waals surface area contributed by atoms with Crippen LogP contribution in [-0.4, -0.2) is 22.2 Å². The number of halogens is 1. The number of hydrogen-bond acceptors (Lipinski definition) is 3. The lowest BCUT2D eigenvalue weighted by Crippen LogP contribution is -2.11. The van der Waals surface area contributed by atoms with Crippen LogP contribution in [0.25, 0.3) is 0 Å². The van der Waals surface area contributed by atoms with Crippen molar-refractivity contribution < 1.29 is 14.6 Å². The molecule has 0 bridgehead atoms. The summed E-state index contributed by atoms with van der Waals surface area (Å²) in [7, 11) is 0. The number of aromatic nitrogens is 1. The summed E-state index contributed by atoms with van der Waals surface area (Å²) in [5, 5.41) is 9.10. The molecule has 1 aromatic rings. The third-order valence-corrected chi connectivity index (χ3v) is 1.60. The Balaban J connectivity index is 3.08. The van der Waals surface area contributed by atoms with Crippen LogP contribution in [0, 0.1) is 0 Å². The quantitative estimate of drug-likeness (QED) is 0.840. The van der Waals surface area contributed by atoms with E-state index in [1.54, 1.807) is 13.8 Å². The molecule has 0 aliphatic carbocycles. The Morgan fingerprint density at radius 1 is 1.64 bits per heavy atom.